The Morgan fingerprint density at radius 2 is 1.85 bits per heavy atom. The summed E-state index contributed by atoms with van der Waals surface area (Å²) in [6.45, 7) is 3.07. The van der Waals surface area contributed by atoms with E-state index in [0.717, 1.165) is 25.9 Å². The van der Waals surface area contributed by atoms with E-state index < -0.39 is 20.0 Å². The first-order chi connectivity index (χ1) is 11.7. The lowest BCUT2D eigenvalue weighted by molar-refractivity contribution is 0.295. The van der Waals surface area contributed by atoms with Crippen LogP contribution in [0, 0.1) is 0 Å². The van der Waals surface area contributed by atoms with Gasteiger partial charge in [0.1, 0.15) is 10.6 Å². The van der Waals surface area contributed by atoms with Gasteiger partial charge < -0.3 is 10.1 Å². The van der Waals surface area contributed by atoms with E-state index in [-0.39, 0.29) is 40.5 Å². The molecule has 1 aliphatic heterocycles. The van der Waals surface area contributed by atoms with E-state index in [1.807, 2.05) is 0 Å². The molecule has 0 atom stereocenters. The second kappa shape index (κ2) is 9.23. The van der Waals surface area contributed by atoms with Gasteiger partial charge in [0.05, 0.1) is 18.6 Å². The summed E-state index contributed by atoms with van der Waals surface area (Å²) in [5.74, 6) is 0.0328. The van der Waals surface area contributed by atoms with E-state index in [2.05, 4.69) is 10.0 Å². The molecule has 26 heavy (non-hydrogen) atoms. The average molecular weight is 428 g/mol. The van der Waals surface area contributed by atoms with Crippen molar-refractivity contribution in [2.45, 2.75) is 30.7 Å². The first-order valence-corrected chi connectivity index (χ1v) is 11.2. The molecular weight excluding hydrogens is 402 g/mol. The van der Waals surface area contributed by atoms with Crippen LogP contribution in [-0.2, 0) is 20.0 Å². The number of hydrogen-bond donors (Lipinski definition) is 2. The Bertz CT molecular complexity index is 809. The van der Waals surface area contributed by atoms with Crippen LogP contribution in [0.1, 0.15) is 19.8 Å². The van der Waals surface area contributed by atoms with Crippen molar-refractivity contribution >= 4 is 38.1 Å². The molecule has 2 N–H and O–H groups in total. The number of nitrogens with zero attached hydrogens (tertiary/aromatic N) is 1. The number of piperidine rings is 1. The van der Waals surface area contributed by atoms with Crippen molar-refractivity contribution in [1.29, 1.82) is 0 Å². The van der Waals surface area contributed by atoms with E-state index in [9.17, 15) is 16.8 Å². The van der Waals surface area contributed by atoms with Gasteiger partial charge in [-0.15, -0.1) is 12.4 Å². The summed E-state index contributed by atoms with van der Waals surface area (Å²) in [7, 11) is -4.27. The molecule has 2 rings (SSSR count). The normalized spacial score (nSPS) is 16.2. The fourth-order valence-corrected chi connectivity index (χ4v) is 4.90. The molecule has 0 radical (unpaired) electrons. The molecule has 0 unspecified atom stereocenters. The molecule has 8 nitrogen and oxygen atoms in total. The van der Waals surface area contributed by atoms with Gasteiger partial charge in [-0.3, -0.25) is 4.72 Å². The number of benzene rings is 1. The van der Waals surface area contributed by atoms with E-state index >= 15 is 0 Å². The van der Waals surface area contributed by atoms with Crippen LogP contribution < -0.4 is 14.8 Å². The van der Waals surface area contributed by atoms with Gasteiger partial charge in [0.15, 0.2) is 0 Å². The van der Waals surface area contributed by atoms with Gasteiger partial charge in [0.2, 0.25) is 20.0 Å². The van der Waals surface area contributed by atoms with E-state index in [1.54, 1.807) is 7.05 Å². The van der Waals surface area contributed by atoms with Crippen LogP contribution in [0.3, 0.4) is 0 Å². The smallest absolute Gasteiger partial charge is 0.246 e. The molecule has 0 aliphatic carbocycles. The molecule has 1 aromatic carbocycles. The van der Waals surface area contributed by atoms with Crippen molar-refractivity contribution in [1.82, 2.24) is 9.62 Å². The van der Waals surface area contributed by atoms with E-state index in [1.165, 1.54) is 36.5 Å². The van der Waals surface area contributed by atoms with Gasteiger partial charge in [-0.25, -0.2) is 16.8 Å². The van der Waals surface area contributed by atoms with Crippen molar-refractivity contribution < 1.29 is 21.6 Å². The monoisotopic (exact) mass is 427 g/mol. The summed E-state index contributed by atoms with van der Waals surface area (Å²) < 4.78 is 58.2. The molecule has 1 saturated heterocycles. The third-order valence-electron chi connectivity index (χ3n) is 4.30. The van der Waals surface area contributed by atoms with Crippen molar-refractivity contribution in [2.24, 2.45) is 0 Å². The summed E-state index contributed by atoms with van der Waals surface area (Å²) in [6, 6.07) is 4.11. The predicted molar refractivity (Wildman–Crippen MR) is 104 cm³/mol. The number of nitrogens with one attached hydrogen (secondary N) is 2. The second-order valence-corrected chi connectivity index (χ2v) is 9.85. The summed E-state index contributed by atoms with van der Waals surface area (Å²) >= 11 is 0. The summed E-state index contributed by atoms with van der Waals surface area (Å²) in [5.41, 5.74) is 0.266. The standard InChI is InChI=1S/C15H25N3O5S2.ClH/c1-4-24(19,20)17-12-5-6-15(14(11-12)23-3)25(21,22)18(2)13-7-9-16-10-8-13;/h5-6,11,13,16-17H,4,7-10H2,1-3H3;1H. The first-order valence-electron chi connectivity index (χ1n) is 8.08. The lowest BCUT2D eigenvalue weighted by Crippen LogP contribution is -2.43. The summed E-state index contributed by atoms with van der Waals surface area (Å²) in [6.07, 6.45) is 1.48. The highest BCUT2D eigenvalue weighted by atomic mass is 35.5. The molecule has 0 saturated carbocycles. The Hall–Kier alpha value is -1.07. The van der Waals surface area contributed by atoms with Crippen LogP contribution in [0.25, 0.3) is 0 Å². The zero-order chi connectivity index (χ0) is 18.7. The fraction of sp³-hybridized carbons (Fsp3) is 0.600. The first kappa shape index (κ1) is 23.0. The third-order valence-corrected chi connectivity index (χ3v) is 7.55. The number of halogens is 1. The maximum Gasteiger partial charge on any atom is 0.246 e. The Morgan fingerprint density at radius 1 is 1.23 bits per heavy atom. The molecule has 1 fully saturated rings. The average Bonchev–Trinajstić information content (AvgIpc) is 2.61. The van der Waals surface area contributed by atoms with Crippen LogP contribution in [0.2, 0.25) is 0 Å². The second-order valence-electron chi connectivity index (χ2n) is 5.87. The van der Waals surface area contributed by atoms with E-state index in [0.29, 0.717) is 0 Å². The maximum atomic E-state index is 13.0. The van der Waals surface area contributed by atoms with Gasteiger partial charge in [-0.1, -0.05) is 0 Å². The minimum Gasteiger partial charge on any atom is -0.495 e. The molecular formula is C15H26ClN3O5S2. The quantitative estimate of drug-likeness (QED) is 0.678. The summed E-state index contributed by atoms with van der Waals surface area (Å²) in [4.78, 5) is 0.0236. The van der Waals surface area contributed by atoms with Crippen molar-refractivity contribution in [3.05, 3.63) is 18.2 Å². The molecule has 1 aliphatic rings. The highest BCUT2D eigenvalue weighted by Crippen LogP contribution is 2.31. The maximum absolute atomic E-state index is 13.0. The van der Waals surface area contributed by atoms with Crippen molar-refractivity contribution in [3.63, 3.8) is 0 Å². The minimum atomic E-state index is -3.74. The van der Waals surface area contributed by atoms with E-state index in [4.69, 9.17) is 4.74 Å². The predicted octanol–water partition coefficient (Wildman–Crippen LogP) is 1.25. The van der Waals surface area contributed by atoms with Crippen LogP contribution in [0.4, 0.5) is 5.69 Å². The Balaban J connectivity index is 0.00000338. The minimum absolute atomic E-state index is 0. The Kier molecular flexibility index (Phi) is 8.15. The highest BCUT2D eigenvalue weighted by molar-refractivity contribution is 7.92. The molecule has 0 spiro atoms. The SMILES string of the molecule is CCS(=O)(=O)Nc1ccc(S(=O)(=O)N(C)C2CCNCC2)c(OC)c1.Cl. The molecule has 150 valence electrons. The van der Waals surface area contributed by atoms with Crippen molar-refractivity contribution in [3.8, 4) is 5.75 Å². The largest absolute Gasteiger partial charge is 0.495 e. The van der Waals surface area contributed by atoms with Crippen LogP contribution in [0.15, 0.2) is 23.1 Å². The van der Waals surface area contributed by atoms with Gasteiger partial charge >= 0.3 is 0 Å². The zero-order valence-electron chi connectivity index (χ0n) is 15.1. The Morgan fingerprint density at radius 3 is 2.38 bits per heavy atom. The molecule has 11 heteroatoms. The molecule has 1 heterocycles. The van der Waals surface area contributed by atoms with Crippen LogP contribution in [0.5, 0.6) is 5.75 Å². The molecule has 0 bridgehead atoms. The molecule has 0 amide bonds. The van der Waals surface area contributed by atoms with Crippen LogP contribution in [-0.4, -0.2) is 60.2 Å². The molecule has 1 aromatic rings. The van der Waals surface area contributed by atoms with Crippen LogP contribution >= 0.6 is 12.4 Å². The number of methoxy groups -OCH3 is 1. The Labute approximate surface area is 161 Å². The zero-order valence-corrected chi connectivity index (χ0v) is 17.5. The van der Waals surface area contributed by atoms with Crippen molar-refractivity contribution in [2.75, 3.05) is 37.7 Å². The van der Waals surface area contributed by atoms with Gasteiger partial charge in [-0.05, 0) is 45.0 Å². The third kappa shape index (κ3) is 5.23. The number of sulfonamides is 2. The van der Waals surface area contributed by atoms with Gasteiger partial charge in [-0.2, -0.15) is 4.31 Å². The van der Waals surface area contributed by atoms with Gasteiger partial charge in [0.25, 0.3) is 0 Å². The lowest BCUT2D eigenvalue weighted by atomic mass is 10.1. The number of rotatable bonds is 7. The fourth-order valence-electron chi connectivity index (χ4n) is 2.72. The van der Waals surface area contributed by atoms with Gasteiger partial charge in [0, 0.05) is 19.2 Å². The highest BCUT2D eigenvalue weighted by Gasteiger charge is 2.31. The number of anilines is 1. The topological polar surface area (TPSA) is 105 Å². The number of hydrogen-bond acceptors (Lipinski definition) is 6. The molecule has 0 aromatic heterocycles. The summed E-state index contributed by atoms with van der Waals surface area (Å²) in [5, 5.41) is 3.21. The number of ether oxygens (including phenoxy) is 1. The lowest BCUT2D eigenvalue weighted by Gasteiger charge is -2.31.